The molecule has 0 unspecified atom stereocenters. The summed E-state index contributed by atoms with van der Waals surface area (Å²) in [5, 5.41) is 11.3. The van der Waals surface area contributed by atoms with Crippen molar-refractivity contribution in [3.05, 3.63) is 83.7 Å². The first-order chi connectivity index (χ1) is 14.6. The molecule has 9 heteroatoms. The Bertz CT molecular complexity index is 1230. The van der Waals surface area contributed by atoms with E-state index in [0.717, 1.165) is 41.9 Å². The van der Waals surface area contributed by atoms with Crippen LogP contribution in [0.5, 0.6) is 0 Å². The van der Waals surface area contributed by atoms with Crippen LogP contribution in [-0.2, 0) is 12.8 Å². The molecule has 7 nitrogen and oxygen atoms in total. The van der Waals surface area contributed by atoms with Gasteiger partial charge in [0.15, 0.2) is 17.3 Å². The zero-order valence-corrected chi connectivity index (χ0v) is 15.7. The van der Waals surface area contributed by atoms with E-state index in [1.54, 1.807) is 23.1 Å². The van der Waals surface area contributed by atoms with Crippen molar-refractivity contribution in [3.63, 3.8) is 0 Å². The van der Waals surface area contributed by atoms with Gasteiger partial charge in [-0.3, -0.25) is 4.79 Å². The van der Waals surface area contributed by atoms with Crippen LogP contribution in [0.4, 0.5) is 14.5 Å². The third-order valence-electron chi connectivity index (χ3n) is 5.10. The lowest BCUT2D eigenvalue weighted by Gasteiger charge is -2.07. The molecule has 1 N–H and O–H groups in total. The molecule has 0 spiro atoms. The molecule has 4 aromatic rings. The van der Waals surface area contributed by atoms with Gasteiger partial charge in [0, 0.05) is 23.0 Å². The Morgan fingerprint density at radius 1 is 1.00 bits per heavy atom. The summed E-state index contributed by atoms with van der Waals surface area (Å²) < 4.78 is 30.2. The van der Waals surface area contributed by atoms with Gasteiger partial charge in [-0.1, -0.05) is 0 Å². The molecule has 150 valence electrons. The van der Waals surface area contributed by atoms with Gasteiger partial charge in [0.2, 0.25) is 0 Å². The Morgan fingerprint density at radius 2 is 1.80 bits per heavy atom. The minimum atomic E-state index is -0.951. The van der Waals surface area contributed by atoms with E-state index < -0.39 is 11.6 Å². The van der Waals surface area contributed by atoms with Crippen molar-refractivity contribution in [2.75, 3.05) is 5.32 Å². The molecule has 1 aliphatic carbocycles. The van der Waals surface area contributed by atoms with E-state index >= 15 is 0 Å². The molecule has 0 radical (unpaired) electrons. The maximum absolute atomic E-state index is 13.7. The van der Waals surface area contributed by atoms with Gasteiger partial charge in [0.05, 0.1) is 11.4 Å². The molecule has 1 amide bonds. The second kappa shape index (κ2) is 7.18. The van der Waals surface area contributed by atoms with Crippen LogP contribution in [-0.4, -0.2) is 30.5 Å². The Labute approximate surface area is 170 Å². The average Bonchev–Trinajstić information content (AvgIpc) is 3.48. The maximum atomic E-state index is 13.7. The van der Waals surface area contributed by atoms with Gasteiger partial charge in [-0.05, 0) is 55.7 Å². The van der Waals surface area contributed by atoms with Gasteiger partial charge < -0.3 is 5.32 Å². The summed E-state index contributed by atoms with van der Waals surface area (Å²) in [6.07, 6.45) is 5.35. The molecule has 30 heavy (non-hydrogen) atoms. The first-order valence-corrected chi connectivity index (χ1v) is 9.43. The fraction of sp³-hybridized carbons (Fsp3) is 0.143. The number of nitrogens with zero attached hydrogens (tertiary/aromatic N) is 5. The van der Waals surface area contributed by atoms with Crippen LogP contribution in [0, 0.1) is 11.6 Å². The van der Waals surface area contributed by atoms with Crippen LogP contribution in [0.2, 0.25) is 0 Å². The number of nitrogens with one attached hydrogen (secondary N) is 1. The second-order valence-electron chi connectivity index (χ2n) is 6.98. The number of hydrogen-bond donors (Lipinski definition) is 1. The van der Waals surface area contributed by atoms with E-state index in [-0.39, 0.29) is 5.91 Å². The van der Waals surface area contributed by atoms with E-state index in [1.807, 2.05) is 12.1 Å². The molecule has 2 aromatic heterocycles. The molecule has 2 heterocycles. The topological polar surface area (TPSA) is 77.6 Å². The number of anilines is 1. The van der Waals surface area contributed by atoms with Gasteiger partial charge in [-0.25, -0.2) is 23.1 Å². The molecule has 0 saturated heterocycles. The molecule has 1 aliphatic rings. The number of hydrogen-bond acceptors (Lipinski definition) is 4. The molecular weight excluding hydrogens is 390 g/mol. The predicted octanol–water partition coefficient (Wildman–Crippen LogP) is 3.47. The Morgan fingerprint density at radius 3 is 2.53 bits per heavy atom. The third kappa shape index (κ3) is 3.14. The number of amides is 1. The summed E-state index contributed by atoms with van der Waals surface area (Å²) in [6.45, 7) is 0. The van der Waals surface area contributed by atoms with E-state index in [0.29, 0.717) is 23.5 Å². The van der Waals surface area contributed by atoms with Crippen molar-refractivity contribution in [2.45, 2.75) is 19.3 Å². The fourth-order valence-electron chi connectivity index (χ4n) is 3.68. The summed E-state index contributed by atoms with van der Waals surface area (Å²) >= 11 is 0. The minimum Gasteiger partial charge on any atom is -0.321 e. The number of halogens is 2. The van der Waals surface area contributed by atoms with Gasteiger partial charge in [0.25, 0.3) is 5.91 Å². The highest BCUT2D eigenvalue weighted by molar-refractivity contribution is 6.04. The first kappa shape index (κ1) is 18.2. The van der Waals surface area contributed by atoms with Crippen LogP contribution in [0.1, 0.15) is 28.2 Å². The van der Waals surface area contributed by atoms with Crippen LogP contribution in [0.15, 0.2) is 55.1 Å². The summed E-state index contributed by atoms with van der Waals surface area (Å²) in [5.74, 6) is -2.22. The number of carbonyl (C=O) groups is 1. The quantitative estimate of drug-likeness (QED) is 0.563. The standard InChI is InChI=1S/C21H16F2N6O/c22-17-9-8-15(10-18(17)23)29-19-3-1-2-16(19)20(27-29)21(30)26-13-4-6-14(7-5-13)28-12-24-11-25-28/h4-12H,1-3H2,(H,26,30). The van der Waals surface area contributed by atoms with E-state index in [2.05, 4.69) is 20.5 Å². The predicted molar refractivity (Wildman–Crippen MR) is 105 cm³/mol. The van der Waals surface area contributed by atoms with Gasteiger partial charge in [-0.2, -0.15) is 10.2 Å². The zero-order chi connectivity index (χ0) is 20.7. The highest BCUT2D eigenvalue weighted by Crippen LogP contribution is 2.29. The van der Waals surface area contributed by atoms with Gasteiger partial charge in [-0.15, -0.1) is 0 Å². The highest BCUT2D eigenvalue weighted by atomic mass is 19.2. The monoisotopic (exact) mass is 406 g/mol. The second-order valence-corrected chi connectivity index (χ2v) is 6.98. The number of aromatic nitrogens is 5. The smallest absolute Gasteiger partial charge is 0.276 e. The Balaban J connectivity index is 1.43. The molecule has 0 atom stereocenters. The van der Waals surface area contributed by atoms with Crippen LogP contribution < -0.4 is 5.32 Å². The van der Waals surface area contributed by atoms with Gasteiger partial charge >= 0.3 is 0 Å². The van der Waals surface area contributed by atoms with Gasteiger partial charge in [0.1, 0.15) is 12.7 Å². The Kier molecular flexibility index (Phi) is 4.35. The summed E-state index contributed by atoms with van der Waals surface area (Å²) in [6, 6.07) is 10.8. The number of rotatable bonds is 4. The van der Waals surface area contributed by atoms with Crippen LogP contribution >= 0.6 is 0 Å². The largest absolute Gasteiger partial charge is 0.321 e. The maximum Gasteiger partial charge on any atom is 0.276 e. The van der Waals surface area contributed by atoms with Crippen molar-refractivity contribution >= 4 is 11.6 Å². The van der Waals surface area contributed by atoms with Crippen molar-refractivity contribution in [2.24, 2.45) is 0 Å². The average molecular weight is 406 g/mol. The molecule has 5 rings (SSSR count). The normalized spacial score (nSPS) is 12.7. The zero-order valence-electron chi connectivity index (χ0n) is 15.7. The lowest BCUT2D eigenvalue weighted by molar-refractivity contribution is 0.102. The summed E-state index contributed by atoms with van der Waals surface area (Å²) in [5.41, 5.74) is 3.81. The van der Waals surface area contributed by atoms with E-state index in [9.17, 15) is 13.6 Å². The minimum absolute atomic E-state index is 0.299. The molecule has 0 bridgehead atoms. The van der Waals surface area contributed by atoms with Crippen LogP contribution in [0.25, 0.3) is 11.4 Å². The van der Waals surface area contributed by atoms with Crippen molar-refractivity contribution < 1.29 is 13.6 Å². The SMILES string of the molecule is O=C(Nc1ccc(-n2cncn2)cc1)c1nn(-c2ccc(F)c(F)c2)c2c1CCC2. The molecule has 0 fully saturated rings. The van der Waals surface area contributed by atoms with Crippen molar-refractivity contribution in [1.82, 2.24) is 24.5 Å². The summed E-state index contributed by atoms with van der Waals surface area (Å²) in [7, 11) is 0. The molecule has 0 aliphatic heterocycles. The van der Waals surface area contributed by atoms with E-state index in [4.69, 9.17) is 0 Å². The summed E-state index contributed by atoms with van der Waals surface area (Å²) in [4.78, 5) is 16.8. The van der Waals surface area contributed by atoms with Crippen molar-refractivity contribution in [1.29, 1.82) is 0 Å². The van der Waals surface area contributed by atoms with Crippen molar-refractivity contribution in [3.8, 4) is 11.4 Å². The molecule has 0 saturated carbocycles. The first-order valence-electron chi connectivity index (χ1n) is 9.43. The fourth-order valence-corrected chi connectivity index (χ4v) is 3.68. The number of benzene rings is 2. The highest BCUT2D eigenvalue weighted by Gasteiger charge is 2.27. The number of fused-ring (bicyclic) bond motifs is 1. The Hall–Kier alpha value is -3.88. The molecule has 2 aromatic carbocycles. The van der Waals surface area contributed by atoms with E-state index in [1.165, 1.54) is 17.1 Å². The van der Waals surface area contributed by atoms with Crippen LogP contribution in [0.3, 0.4) is 0 Å². The third-order valence-corrected chi connectivity index (χ3v) is 5.10. The lowest BCUT2D eigenvalue weighted by Crippen LogP contribution is -2.15. The lowest BCUT2D eigenvalue weighted by atomic mass is 10.2. The number of carbonyl (C=O) groups excluding carboxylic acids is 1. The molecular formula is C21H16F2N6O.